The van der Waals surface area contributed by atoms with Crippen LogP contribution in [0.1, 0.15) is 18.4 Å². The molecule has 0 unspecified atom stereocenters. The molecule has 96 valence electrons. The normalized spacial score (nSPS) is 15.6. The van der Waals surface area contributed by atoms with Gasteiger partial charge in [0.25, 0.3) is 5.69 Å². The molecular formula is C12H14N2O4. The van der Waals surface area contributed by atoms with Crippen LogP contribution in [-0.2, 0) is 16.1 Å². The zero-order chi connectivity index (χ0) is 13.0. The summed E-state index contributed by atoms with van der Waals surface area (Å²) in [5.41, 5.74) is 0.336. The second-order valence-corrected chi connectivity index (χ2v) is 4.16. The topological polar surface area (TPSA) is 72.7 Å². The Morgan fingerprint density at radius 1 is 1.33 bits per heavy atom. The first kappa shape index (κ1) is 12.5. The third-order valence-corrected chi connectivity index (χ3v) is 2.82. The Bertz CT molecular complexity index is 455. The Morgan fingerprint density at radius 2 is 2.00 bits per heavy atom. The Hall–Kier alpha value is -1.95. The predicted molar refractivity (Wildman–Crippen MR) is 63.7 cm³/mol. The molecule has 1 saturated heterocycles. The number of nitro groups is 1. The van der Waals surface area contributed by atoms with Crippen LogP contribution < -0.4 is 0 Å². The highest BCUT2D eigenvalue weighted by atomic mass is 16.7. The number of nitro benzene ring substituents is 1. The lowest BCUT2D eigenvalue weighted by Crippen LogP contribution is -2.25. The molecule has 1 aromatic rings. The van der Waals surface area contributed by atoms with Gasteiger partial charge in [0.15, 0.2) is 0 Å². The molecule has 0 spiro atoms. The maximum Gasteiger partial charge on any atom is 0.329 e. The first-order valence-corrected chi connectivity index (χ1v) is 5.85. The van der Waals surface area contributed by atoms with Crippen LogP contribution in [-0.4, -0.2) is 29.0 Å². The van der Waals surface area contributed by atoms with Gasteiger partial charge in [0.2, 0.25) is 0 Å². The molecule has 18 heavy (non-hydrogen) atoms. The molecule has 0 amide bonds. The molecule has 1 aliphatic heterocycles. The molecule has 0 N–H and O–H groups in total. The van der Waals surface area contributed by atoms with Crippen LogP contribution in [0.4, 0.5) is 5.69 Å². The molecular weight excluding hydrogens is 236 g/mol. The minimum absolute atomic E-state index is 0.0455. The quantitative estimate of drug-likeness (QED) is 0.600. The first-order valence-electron chi connectivity index (χ1n) is 5.85. The Kier molecular flexibility index (Phi) is 3.88. The summed E-state index contributed by atoms with van der Waals surface area (Å²) in [5, 5.41) is 12.4. The fraction of sp³-hybridized carbons (Fsp3) is 0.417. The molecule has 0 radical (unpaired) electrons. The molecule has 0 aromatic heterocycles. The summed E-state index contributed by atoms with van der Waals surface area (Å²) >= 11 is 0. The van der Waals surface area contributed by atoms with E-state index in [1.807, 2.05) is 0 Å². The van der Waals surface area contributed by atoms with Crippen LogP contribution in [0.3, 0.4) is 0 Å². The number of hydrogen-bond donors (Lipinski definition) is 0. The second-order valence-electron chi connectivity index (χ2n) is 4.16. The van der Waals surface area contributed by atoms with E-state index in [1.54, 1.807) is 23.3 Å². The van der Waals surface area contributed by atoms with E-state index in [0.717, 1.165) is 25.9 Å². The van der Waals surface area contributed by atoms with Gasteiger partial charge < -0.3 is 4.84 Å². The van der Waals surface area contributed by atoms with Gasteiger partial charge in [0, 0.05) is 24.7 Å². The van der Waals surface area contributed by atoms with Crippen molar-refractivity contribution in [1.29, 1.82) is 0 Å². The van der Waals surface area contributed by atoms with Crippen molar-refractivity contribution < 1.29 is 14.6 Å². The number of benzene rings is 1. The van der Waals surface area contributed by atoms with Gasteiger partial charge in [-0.25, -0.2) is 4.79 Å². The highest BCUT2D eigenvalue weighted by molar-refractivity contribution is 5.73. The van der Waals surface area contributed by atoms with Crippen LogP contribution in [0.2, 0.25) is 0 Å². The highest BCUT2D eigenvalue weighted by Crippen LogP contribution is 2.19. The lowest BCUT2D eigenvalue weighted by atomic mass is 10.1. The minimum atomic E-state index is -0.488. The molecule has 1 fully saturated rings. The number of rotatable bonds is 4. The summed E-state index contributed by atoms with van der Waals surface area (Å²) < 4.78 is 0. The number of carbonyl (C=O) groups is 1. The van der Waals surface area contributed by atoms with Crippen LogP contribution in [0.25, 0.3) is 0 Å². The van der Waals surface area contributed by atoms with E-state index in [9.17, 15) is 14.9 Å². The summed E-state index contributed by atoms with van der Waals surface area (Å²) in [5.74, 6) is -0.453. The van der Waals surface area contributed by atoms with Gasteiger partial charge in [-0.3, -0.25) is 10.1 Å². The number of hydroxylamine groups is 2. The Morgan fingerprint density at radius 3 is 2.67 bits per heavy atom. The predicted octanol–water partition coefficient (Wildman–Crippen LogP) is 1.69. The zero-order valence-corrected chi connectivity index (χ0v) is 9.87. The van der Waals surface area contributed by atoms with E-state index < -0.39 is 10.9 Å². The monoisotopic (exact) mass is 250 g/mol. The largest absolute Gasteiger partial charge is 0.368 e. The van der Waals surface area contributed by atoms with Crippen molar-refractivity contribution in [1.82, 2.24) is 5.06 Å². The molecule has 1 aromatic carbocycles. The molecule has 6 nitrogen and oxygen atoms in total. The Balaban J connectivity index is 2.00. The van der Waals surface area contributed by atoms with E-state index >= 15 is 0 Å². The summed E-state index contributed by atoms with van der Waals surface area (Å²) in [7, 11) is 0. The molecule has 0 bridgehead atoms. The van der Waals surface area contributed by atoms with Gasteiger partial charge in [-0.15, -0.1) is 5.06 Å². The van der Waals surface area contributed by atoms with Gasteiger partial charge in [-0.2, -0.15) is 0 Å². The fourth-order valence-electron chi connectivity index (χ4n) is 1.95. The number of carbonyl (C=O) groups excluding carboxylic acids is 1. The van der Waals surface area contributed by atoms with Crippen molar-refractivity contribution in [3.8, 4) is 0 Å². The number of nitrogens with zero attached hydrogens (tertiary/aromatic N) is 2. The minimum Gasteiger partial charge on any atom is -0.368 e. The van der Waals surface area contributed by atoms with Gasteiger partial charge in [0.05, 0.1) is 11.3 Å². The molecule has 2 rings (SSSR count). The third kappa shape index (κ3) is 3.04. The van der Waals surface area contributed by atoms with Crippen molar-refractivity contribution in [3.63, 3.8) is 0 Å². The zero-order valence-electron chi connectivity index (χ0n) is 9.87. The van der Waals surface area contributed by atoms with Crippen molar-refractivity contribution in [2.24, 2.45) is 0 Å². The average molecular weight is 250 g/mol. The standard InChI is InChI=1S/C12H14N2O4/c15-12(18-13-7-3-4-8-13)9-10-5-1-2-6-11(10)14(16)17/h1-2,5-6H,3-4,7-9H2. The summed E-state index contributed by atoms with van der Waals surface area (Å²) in [4.78, 5) is 27.1. The molecule has 0 saturated carbocycles. The van der Waals surface area contributed by atoms with Crippen LogP contribution >= 0.6 is 0 Å². The van der Waals surface area contributed by atoms with Gasteiger partial charge in [-0.1, -0.05) is 18.2 Å². The van der Waals surface area contributed by atoms with Gasteiger partial charge in [0.1, 0.15) is 0 Å². The summed E-state index contributed by atoms with van der Waals surface area (Å²) in [6, 6.07) is 6.21. The summed E-state index contributed by atoms with van der Waals surface area (Å²) in [6.45, 7) is 1.48. The van der Waals surface area contributed by atoms with Crippen molar-refractivity contribution in [2.45, 2.75) is 19.3 Å². The average Bonchev–Trinajstić information content (AvgIpc) is 2.82. The summed E-state index contributed by atoms with van der Waals surface area (Å²) in [6.07, 6.45) is 1.95. The maximum atomic E-state index is 11.7. The van der Waals surface area contributed by atoms with E-state index in [-0.39, 0.29) is 12.1 Å². The van der Waals surface area contributed by atoms with Crippen LogP contribution in [0.5, 0.6) is 0 Å². The molecule has 0 aliphatic carbocycles. The van der Waals surface area contributed by atoms with Crippen LogP contribution in [0.15, 0.2) is 24.3 Å². The third-order valence-electron chi connectivity index (χ3n) is 2.82. The van der Waals surface area contributed by atoms with E-state index in [4.69, 9.17) is 4.84 Å². The Labute approximate surface area is 104 Å². The van der Waals surface area contributed by atoms with Crippen molar-refractivity contribution in [2.75, 3.05) is 13.1 Å². The van der Waals surface area contributed by atoms with Crippen molar-refractivity contribution >= 4 is 11.7 Å². The first-order chi connectivity index (χ1) is 8.66. The maximum absolute atomic E-state index is 11.7. The second kappa shape index (κ2) is 5.59. The van der Waals surface area contributed by atoms with Gasteiger partial charge >= 0.3 is 5.97 Å². The molecule has 1 aliphatic rings. The van der Waals surface area contributed by atoms with E-state index in [2.05, 4.69) is 0 Å². The lowest BCUT2D eigenvalue weighted by molar-refractivity contribution is -0.385. The van der Waals surface area contributed by atoms with Crippen LogP contribution in [0, 0.1) is 10.1 Å². The molecule has 1 heterocycles. The smallest absolute Gasteiger partial charge is 0.329 e. The fourth-order valence-corrected chi connectivity index (χ4v) is 1.95. The number of hydrogen-bond acceptors (Lipinski definition) is 5. The molecule has 0 atom stereocenters. The SMILES string of the molecule is O=C(Cc1ccccc1[N+](=O)[O-])ON1CCCC1. The van der Waals surface area contributed by atoms with E-state index in [1.165, 1.54) is 6.07 Å². The molecule has 6 heteroatoms. The van der Waals surface area contributed by atoms with Crippen molar-refractivity contribution in [3.05, 3.63) is 39.9 Å². The van der Waals surface area contributed by atoms with Gasteiger partial charge in [-0.05, 0) is 12.8 Å². The lowest BCUT2D eigenvalue weighted by Gasteiger charge is -2.13. The highest BCUT2D eigenvalue weighted by Gasteiger charge is 2.20. The van der Waals surface area contributed by atoms with E-state index in [0.29, 0.717) is 5.56 Å². The number of para-hydroxylation sites is 1.